The summed E-state index contributed by atoms with van der Waals surface area (Å²) in [4.78, 5) is 14.2. The lowest BCUT2D eigenvalue weighted by Crippen LogP contribution is -2.40. The molecule has 0 aliphatic heterocycles. The van der Waals surface area contributed by atoms with Gasteiger partial charge in [-0.3, -0.25) is 4.79 Å². The van der Waals surface area contributed by atoms with Crippen molar-refractivity contribution in [1.29, 1.82) is 0 Å². The molecule has 0 radical (unpaired) electrons. The van der Waals surface area contributed by atoms with Gasteiger partial charge in [0.25, 0.3) is 0 Å². The van der Waals surface area contributed by atoms with Gasteiger partial charge in [-0.15, -0.1) is 11.3 Å². The van der Waals surface area contributed by atoms with Gasteiger partial charge in [-0.25, -0.2) is 0 Å². The van der Waals surface area contributed by atoms with E-state index in [1.54, 1.807) is 11.9 Å². The average molecular weight is 238 g/mol. The first-order chi connectivity index (χ1) is 7.70. The first kappa shape index (κ1) is 11.6. The molecule has 0 saturated heterocycles. The maximum absolute atomic E-state index is 11.3. The van der Waals surface area contributed by atoms with Crippen molar-refractivity contribution in [2.24, 2.45) is 0 Å². The molecule has 1 atom stereocenters. The van der Waals surface area contributed by atoms with E-state index in [0.717, 1.165) is 6.54 Å². The van der Waals surface area contributed by atoms with Gasteiger partial charge in [0.15, 0.2) is 0 Å². The molecule has 0 fully saturated rings. The van der Waals surface area contributed by atoms with E-state index in [9.17, 15) is 4.79 Å². The smallest absolute Gasteiger partial charge is 0.236 e. The predicted molar refractivity (Wildman–Crippen MR) is 66.7 cm³/mol. The molecular formula is C12H18N2OS. The molecule has 0 saturated carbocycles. The summed E-state index contributed by atoms with van der Waals surface area (Å²) in [5, 5.41) is 5.88. The lowest BCUT2D eigenvalue weighted by Gasteiger charge is -2.10. The quantitative estimate of drug-likeness (QED) is 0.834. The second-order valence-corrected chi connectivity index (χ2v) is 5.45. The van der Waals surface area contributed by atoms with Gasteiger partial charge < -0.3 is 10.6 Å². The van der Waals surface area contributed by atoms with Crippen molar-refractivity contribution in [3.63, 3.8) is 0 Å². The average Bonchev–Trinajstić information content (AvgIpc) is 2.84. The molecule has 1 unspecified atom stereocenters. The Morgan fingerprint density at radius 2 is 2.38 bits per heavy atom. The molecule has 3 nitrogen and oxygen atoms in total. The minimum absolute atomic E-state index is 0.0455. The van der Waals surface area contributed by atoms with Crippen LogP contribution in [0.1, 0.15) is 28.7 Å². The van der Waals surface area contributed by atoms with Crippen molar-refractivity contribution in [3.8, 4) is 0 Å². The highest BCUT2D eigenvalue weighted by atomic mass is 32.1. The molecule has 1 aliphatic carbocycles. The Bertz CT molecular complexity index is 365. The standard InChI is InChI=1S/C12H18N2OS/c1-8(12(15)13-2)14-7-10-6-9-4-3-5-11(9)16-10/h6,8,14H,3-5,7H2,1-2H3,(H,13,15). The molecule has 1 aromatic heterocycles. The fourth-order valence-electron chi connectivity index (χ4n) is 2.04. The Balaban J connectivity index is 1.87. The van der Waals surface area contributed by atoms with Crippen LogP contribution in [0.3, 0.4) is 0 Å². The fraction of sp³-hybridized carbons (Fsp3) is 0.583. The number of carbonyl (C=O) groups is 1. The number of aryl methyl sites for hydroxylation is 2. The zero-order chi connectivity index (χ0) is 11.5. The van der Waals surface area contributed by atoms with Crippen LogP contribution in [0.25, 0.3) is 0 Å². The minimum Gasteiger partial charge on any atom is -0.358 e. The first-order valence-corrected chi connectivity index (χ1v) is 6.58. The normalized spacial score (nSPS) is 15.9. The highest BCUT2D eigenvalue weighted by molar-refractivity contribution is 7.12. The Labute approximate surface area is 100 Å². The first-order valence-electron chi connectivity index (χ1n) is 5.76. The summed E-state index contributed by atoms with van der Waals surface area (Å²) in [6, 6.07) is 2.17. The molecule has 0 spiro atoms. The molecule has 0 bridgehead atoms. The van der Waals surface area contributed by atoms with Crippen molar-refractivity contribution in [2.75, 3.05) is 7.05 Å². The molecule has 1 aromatic rings. The zero-order valence-corrected chi connectivity index (χ0v) is 10.6. The molecule has 1 heterocycles. The van der Waals surface area contributed by atoms with Crippen LogP contribution in [0, 0.1) is 0 Å². The highest BCUT2D eigenvalue weighted by Gasteiger charge is 2.15. The van der Waals surface area contributed by atoms with Crippen molar-refractivity contribution in [1.82, 2.24) is 10.6 Å². The number of likely N-dealkylation sites (N-methyl/N-ethyl adjacent to an activating group) is 1. The van der Waals surface area contributed by atoms with E-state index in [4.69, 9.17) is 0 Å². The lowest BCUT2D eigenvalue weighted by molar-refractivity contribution is -0.122. The number of hydrogen-bond acceptors (Lipinski definition) is 3. The fourth-order valence-corrected chi connectivity index (χ4v) is 3.25. The molecule has 0 aromatic carbocycles. The molecule has 2 rings (SSSR count). The summed E-state index contributed by atoms with van der Waals surface area (Å²) in [5.74, 6) is 0.0455. The predicted octanol–water partition coefficient (Wildman–Crippen LogP) is 1.46. The Morgan fingerprint density at radius 1 is 1.56 bits per heavy atom. The van der Waals surface area contributed by atoms with Crippen LogP contribution in [0.4, 0.5) is 0 Å². The zero-order valence-electron chi connectivity index (χ0n) is 9.80. The number of nitrogens with one attached hydrogen (secondary N) is 2. The van der Waals surface area contributed by atoms with E-state index >= 15 is 0 Å². The van der Waals surface area contributed by atoms with Gasteiger partial charge in [-0.05, 0) is 37.8 Å². The second-order valence-electron chi connectivity index (χ2n) is 4.23. The summed E-state index contributed by atoms with van der Waals surface area (Å²) in [7, 11) is 1.67. The second kappa shape index (κ2) is 4.97. The van der Waals surface area contributed by atoms with E-state index < -0.39 is 0 Å². The third kappa shape index (κ3) is 2.44. The summed E-state index contributed by atoms with van der Waals surface area (Å²) in [5.41, 5.74) is 1.52. The van der Waals surface area contributed by atoms with Crippen molar-refractivity contribution >= 4 is 17.2 Å². The number of amides is 1. The van der Waals surface area contributed by atoms with E-state index in [1.807, 2.05) is 18.3 Å². The van der Waals surface area contributed by atoms with Crippen LogP contribution >= 0.6 is 11.3 Å². The van der Waals surface area contributed by atoms with Crippen LogP contribution in [0.15, 0.2) is 6.07 Å². The topological polar surface area (TPSA) is 41.1 Å². The van der Waals surface area contributed by atoms with Crippen LogP contribution in [0.5, 0.6) is 0 Å². The van der Waals surface area contributed by atoms with Gasteiger partial charge in [-0.2, -0.15) is 0 Å². The van der Waals surface area contributed by atoms with Crippen molar-refractivity contribution in [3.05, 3.63) is 21.4 Å². The molecule has 88 valence electrons. The summed E-state index contributed by atoms with van der Waals surface area (Å²) < 4.78 is 0. The highest BCUT2D eigenvalue weighted by Crippen LogP contribution is 2.30. The van der Waals surface area contributed by atoms with E-state index in [2.05, 4.69) is 16.7 Å². The molecule has 1 amide bonds. The minimum atomic E-state index is -0.123. The molecule has 4 heteroatoms. The van der Waals surface area contributed by atoms with Gasteiger partial charge in [0, 0.05) is 23.3 Å². The number of carbonyl (C=O) groups excluding carboxylic acids is 1. The number of hydrogen-bond donors (Lipinski definition) is 2. The van der Waals surface area contributed by atoms with Crippen LogP contribution in [0.2, 0.25) is 0 Å². The van der Waals surface area contributed by atoms with Gasteiger partial charge in [-0.1, -0.05) is 0 Å². The van der Waals surface area contributed by atoms with Crippen LogP contribution in [-0.4, -0.2) is 19.0 Å². The number of fused-ring (bicyclic) bond motifs is 1. The van der Waals surface area contributed by atoms with Crippen molar-refractivity contribution < 1.29 is 4.79 Å². The maximum Gasteiger partial charge on any atom is 0.236 e. The summed E-state index contributed by atoms with van der Waals surface area (Å²) in [6.07, 6.45) is 3.78. The monoisotopic (exact) mass is 238 g/mol. The van der Waals surface area contributed by atoms with Crippen LogP contribution in [-0.2, 0) is 24.2 Å². The third-order valence-electron chi connectivity index (χ3n) is 3.02. The molecule has 1 aliphatic rings. The number of thiophene rings is 1. The SMILES string of the molecule is CNC(=O)C(C)NCc1cc2c(s1)CCC2. The Morgan fingerprint density at radius 3 is 3.06 bits per heavy atom. The van der Waals surface area contributed by atoms with Gasteiger partial charge in [0.2, 0.25) is 5.91 Å². The molecular weight excluding hydrogens is 220 g/mol. The van der Waals surface area contributed by atoms with Gasteiger partial charge >= 0.3 is 0 Å². The summed E-state index contributed by atoms with van der Waals surface area (Å²) >= 11 is 1.89. The Hall–Kier alpha value is -0.870. The van der Waals surface area contributed by atoms with Crippen LogP contribution < -0.4 is 10.6 Å². The molecule has 2 N–H and O–H groups in total. The summed E-state index contributed by atoms with van der Waals surface area (Å²) in [6.45, 7) is 2.69. The van der Waals surface area contributed by atoms with Crippen molar-refractivity contribution in [2.45, 2.75) is 38.8 Å². The molecule has 16 heavy (non-hydrogen) atoms. The number of rotatable bonds is 4. The maximum atomic E-state index is 11.3. The van der Waals surface area contributed by atoms with E-state index in [0.29, 0.717) is 0 Å². The van der Waals surface area contributed by atoms with E-state index in [-0.39, 0.29) is 11.9 Å². The van der Waals surface area contributed by atoms with E-state index in [1.165, 1.54) is 29.7 Å². The lowest BCUT2D eigenvalue weighted by atomic mass is 10.2. The van der Waals surface area contributed by atoms with Gasteiger partial charge in [0.1, 0.15) is 0 Å². The Kier molecular flexibility index (Phi) is 3.61. The van der Waals surface area contributed by atoms with Gasteiger partial charge in [0.05, 0.1) is 6.04 Å². The largest absolute Gasteiger partial charge is 0.358 e. The third-order valence-corrected chi connectivity index (χ3v) is 4.26.